The topological polar surface area (TPSA) is 94.1 Å². The maximum atomic E-state index is 11.8. The highest BCUT2D eigenvalue weighted by molar-refractivity contribution is 5.89. The summed E-state index contributed by atoms with van der Waals surface area (Å²) in [6.07, 6.45) is 0. The Morgan fingerprint density at radius 2 is 1.79 bits per heavy atom. The average Bonchev–Trinajstić information content (AvgIpc) is 2.28. The van der Waals surface area contributed by atoms with Crippen LogP contribution in [-0.4, -0.2) is 24.1 Å². The lowest BCUT2D eigenvalue weighted by Gasteiger charge is -2.20. The van der Waals surface area contributed by atoms with E-state index in [1.54, 1.807) is 45.0 Å². The van der Waals surface area contributed by atoms with E-state index in [0.29, 0.717) is 11.1 Å². The van der Waals surface area contributed by atoms with Gasteiger partial charge < -0.3 is 20.4 Å². The molecule has 0 fully saturated rings. The van der Waals surface area contributed by atoms with Crippen LogP contribution in [0.4, 0.5) is 0 Å². The van der Waals surface area contributed by atoms with Crippen molar-refractivity contribution in [2.24, 2.45) is 0 Å². The number of hydrogen-bond donors (Lipinski definition) is 1. The van der Waals surface area contributed by atoms with Crippen LogP contribution in [0.1, 0.15) is 42.6 Å². The van der Waals surface area contributed by atoms with Crippen molar-refractivity contribution >= 4 is 11.9 Å². The maximum Gasteiger partial charge on any atom is 0.338 e. The molecule has 104 valence electrons. The molecule has 5 nitrogen and oxygen atoms in total. The molecule has 0 aliphatic carbocycles. The number of carbonyl (C=O) groups is 2. The van der Waals surface area contributed by atoms with Gasteiger partial charge in [0.1, 0.15) is 5.60 Å². The van der Waals surface area contributed by atoms with Crippen molar-refractivity contribution in [1.82, 2.24) is 0 Å². The summed E-state index contributed by atoms with van der Waals surface area (Å²) in [4.78, 5) is 22.7. The molecular formula is C14H19NO4. The number of rotatable bonds is 4. The fourth-order valence-electron chi connectivity index (χ4n) is 1.61. The Kier molecular flexibility index (Phi) is 4.67. The number of ether oxygens (including phenoxy) is 1. The fourth-order valence-corrected chi connectivity index (χ4v) is 1.61. The second-order valence-corrected chi connectivity index (χ2v) is 5.28. The largest absolute Gasteiger partial charge is 0.549 e. The average molecular weight is 265 g/mol. The molecule has 1 aromatic carbocycles. The first-order valence-corrected chi connectivity index (χ1v) is 6.08. The zero-order valence-electron chi connectivity index (χ0n) is 11.4. The van der Waals surface area contributed by atoms with Crippen molar-refractivity contribution in [3.8, 4) is 0 Å². The van der Waals surface area contributed by atoms with E-state index >= 15 is 0 Å². The summed E-state index contributed by atoms with van der Waals surface area (Å²) in [5, 5.41) is 10.9. The number of hydrogen-bond acceptors (Lipinski definition) is 4. The quantitative estimate of drug-likeness (QED) is 0.757. The molecule has 0 bridgehead atoms. The standard InChI is InChI=1S/C14H19NO4/c1-14(2,3)19-13(18)10-6-4-9(5-7-10)11(8-15)12(16)17/h4-7,11H,8,15H2,1-3H3,(H,16,17)/t11-/m1/s1. The van der Waals surface area contributed by atoms with Gasteiger partial charge in [-0.15, -0.1) is 0 Å². The monoisotopic (exact) mass is 265 g/mol. The van der Waals surface area contributed by atoms with E-state index in [9.17, 15) is 14.7 Å². The molecule has 0 saturated carbocycles. The number of carboxylic acids is 1. The van der Waals surface area contributed by atoms with Crippen LogP contribution in [0, 0.1) is 0 Å². The summed E-state index contributed by atoms with van der Waals surface area (Å²) in [5.74, 6) is -2.36. The predicted molar refractivity (Wildman–Crippen MR) is 67.1 cm³/mol. The molecule has 0 aliphatic heterocycles. The molecule has 19 heavy (non-hydrogen) atoms. The highest BCUT2D eigenvalue weighted by Gasteiger charge is 2.18. The van der Waals surface area contributed by atoms with Gasteiger partial charge in [0, 0.05) is 0 Å². The van der Waals surface area contributed by atoms with Crippen LogP contribution >= 0.6 is 0 Å². The Morgan fingerprint density at radius 1 is 1.26 bits per heavy atom. The molecule has 0 radical (unpaired) electrons. The van der Waals surface area contributed by atoms with Crippen LogP contribution in [-0.2, 0) is 9.53 Å². The van der Waals surface area contributed by atoms with E-state index in [-0.39, 0.29) is 6.54 Å². The predicted octanol–water partition coefficient (Wildman–Crippen LogP) is -0.283. The van der Waals surface area contributed by atoms with Gasteiger partial charge in [0.25, 0.3) is 0 Å². The molecule has 0 aliphatic rings. The van der Waals surface area contributed by atoms with Crippen molar-refractivity contribution in [2.75, 3.05) is 6.54 Å². The Bertz CT molecular complexity index is 459. The zero-order chi connectivity index (χ0) is 14.6. The Balaban J connectivity index is 2.87. The molecule has 0 heterocycles. The lowest BCUT2D eigenvalue weighted by molar-refractivity contribution is -0.379. The molecule has 1 aromatic rings. The highest BCUT2D eigenvalue weighted by atomic mass is 16.6. The molecule has 1 rings (SSSR count). The lowest BCUT2D eigenvalue weighted by atomic mass is 9.98. The summed E-state index contributed by atoms with van der Waals surface area (Å²) < 4.78 is 5.22. The van der Waals surface area contributed by atoms with E-state index in [1.165, 1.54) is 0 Å². The minimum atomic E-state index is -1.17. The van der Waals surface area contributed by atoms with Crippen LogP contribution in [0.25, 0.3) is 0 Å². The van der Waals surface area contributed by atoms with Gasteiger partial charge in [0.2, 0.25) is 0 Å². The van der Waals surface area contributed by atoms with E-state index in [4.69, 9.17) is 4.74 Å². The van der Waals surface area contributed by atoms with Crippen LogP contribution in [0.15, 0.2) is 24.3 Å². The van der Waals surface area contributed by atoms with Gasteiger partial charge >= 0.3 is 5.97 Å². The van der Waals surface area contributed by atoms with Crippen LogP contribution < -0.4 is 10.8 Å². The van der Waals surface area contributed by atoms with Crippen molar-refractivity contribution in [3.63, 3.8) is 0 Å². The van der Waals surface area contributed by atoms with Gasteiger partial charge in [-0.05, 0) is 38.5 Å². The third kappa shape index (κ3) is 4.37. The van der Waals surface area contributed by atoms with Crippen LogP contribution in [0.5, 0.6) is 0 Å². The van der Waals surface area contributed by atoms with Gasteiger partial charge in [-0.2, -0.15) is 0 Å². The summed E-state index contributed by atoms with van der Waals surface area (Å²) in [6, 6.07) is 6.28. The second-order valence-electron chi connectivity index (χ2n) is 5.28. The molecule has 5 heteroatoms. The number of carbonyl (C=O) groups excluding carboxylic acids is 2. The first-order valence-electron chi connectivity index (χ1n) is 6.08. The summed E-state index contributed by atoms with van der Waals surface area (Å²) in [7, 11) is 0. The third-order valence-corrected chi connectivity index (χ3v) is 2.52. The van der Waals surface area contributed by atoms with Crippen molar-refractivity contribution in [3.05, 3.63) is 35.4 Å². The lowest BCUT2D eigenvalue weighted by Crippen LogP contribution is -2.56. The number of esters is 1. The maximum absolute atomic E-state index is 11.8. The van der Waals surface area contributed by atoms with E-state index in [1.807, 2.05) is 0 Å². The third-order valence-electron chi connectivity index (χ3n) is 2.52. The molecular weight excluding hydrogens is 246 g/mol. The van der Waals surface area contributed by atoms with Gasteiger partial charge in [-0.1, -0.05) is 12.1 Å². The Hall–Kier alpha value is -1.88. The normalized spacial score (nSPS) is 12.8. The van der Waals surface area contributed by atoms with E-state index in [2.05, 4.69) is 5.73 Å². The van der Waals surface area contributed by atoms with Crippen LogP contribution in [0.2, 0.25) is 0 Å². The van der Waals surface area contributed by atoms with Crippen molar-refractivity contribution in [2.45, 2.75) is 32.3 Å². The van der Waals surface area contributed by atoms with Gasteiger partial charge in [0.05, 0.1) is 24.0 Å². The molecule has 0 unspecified atom stereocenters. The molecule has 0 amide bonds. The summed E-state index contributed by atoms with van der Waals surface area (Å²) in [5.41, 5.74) is 3.98. The van der Waals surface area contributed by atoms with Crippen molar-refractivity contribution < 1.29 is 25.2 Å². The SMILES string of the molecule is CC(C)(C)OC(=O)c1ccc([C@@H](C[NH3+])C(=O)[O-])cc1. The Labute approximate surface area is 112 Å². The van der Waals surface area contributed by atoms with Crippen LogP contribution in [0.3, 0.4) is 0 Å². The first-order chi connectivity index (χ1) is 8.74. The number of benzene rings is 1. The Morgan fingerprint density at radius 3 is 2.16 bits per heavy atom. The minimum Gasteiger partial charge on any atom is -0.549 e. The van der Waals surface area contributed by atoms with E-state index < -0.39 is 23.5 Å². The van der Waals surface area contributed by atoms with Gasteiger partial charge in [-0.25, -0.2) is 4.79 Å². The molecule has 3 N–H and O–H groups in total. The number of quaternary nitrogens is 1. The smallest absolute Gasteiger partial charge is 0.338 e. The number of aliphatic carboxylic acids is 1. The number of carboxylic acid groups (broad SMARTS) is 1. The minimum absolute atomic E-state index is 0.202. The molecule has 1 atom stereocenters. The summed E-state index contributed by atoms with van der Waals surface area (Å²) >= 11 is 0. The highest BCUT2D eigenvalue weighted by Crippen LogP contribution is 2.17. The fraction of sp³-hybridized carbons (Fsp3) is 0.429. The second kappa shape index (κ2) is 5.84. The summed E-state index contributed by atoms with van der Waals surface area (Å²) in [6.45, 7) is 5.56. The van der Waals surface area contributed by atoms with E-state index in [0.717, 1.165) is 0 Å². The molecule has 0 saturated heterocycles. The van der Waals surface area contributed by atoms with Crippen molar-refractivity contribution in [1.29, 1.82) is 0 Å². The molecule has 0 spiro atoms. The molecule has 0 aromatic heterocycles. The van der Waals surface area contributed by atoms with Gasteiger partial charge in [-0.3, -0.25) is 0 Å². The first kappa shape index (κ1) is 15.2. The zero-order valence-corrected chi connectivity index (χ0v) is 11.4. The van der Waals surface area contributed by atoms with Gasteiger partial charge in [0.15, 0.2) is 0 Å².